The van der Waals surface area contributed by atoms with E-state index < -0.39 is 5.97 Å². The maximum atomic E-state index is 12.0. The van der Waals surface area contributed by atoms with Gasteiger partial charge in [-0.15, -0.1) is 0 Å². The lowest BCUT2D eigenvalue weighted by Gasteiger charge is -2.18. The first-order chi connectivity index (χ1) is 11.6. The molecule has 0 saturated carbocycles. The van der Waals surface area contributed by atoms with Gasteiger partial charge in [-0.3, -0.25) is 9.59 Å². The predicted molar refractivity (Wildman–Crippen MR) is 90.6 cm³/mol. The van der Waals surface area contributed by atoms with Crippen molar-refractivity contribution in [1.82, 2.24) is 0 Å². The van der Waals surface area contributed by atoms with Gasteiger partial charge in [-0.2, -0.15) is 0 Å². The van der Waals surface area contributed by atoms with Crippen molar-refractivity contribution in [2.75, 3.05) is 19.8 Å². The van der Waals surface area contributed by atoms with Crippen LogP contribution in [0.4, 0.5) is 0 Å². The molecule has 0 atom stereocenters. The van der Waals surface area contributed by atoms with E-state index in [9.17, 15) is 9.59 Å². The topological polar surface area (TPSA) is 61.8 Å². The fraction of sp³-hybridized carbons (Fsp3) is 0.222. The minimum Gasteiger partial charge on any atom is -0.486 e. The van der Waals surface area contributed by atoms with Crippen molar-refractivity contribution in [3.8, 4) is 11.5 Å². The summed E-state index contributed by atoms with van der Waals surface area (Å²) >= 11 is 3.30. The van der Waals surface area contributed by atoms with Gasteiger partial charge in [0.15, 0.2) is 23.9 Å². The molecule has 2 aromatic rings. The van der Waals surface area contributed by atoms with Crippen LogP contribution in [-0.4, -0.2) is 31.6 Å². The summed E-state index contributed by atoms with van der Waals surface area (Å²) in [5.74, 6) is 0.594. The Balaban J connectivity index is 1.54. The van der Waals surface area contributed by atoms with Gasteiger partial charge in [0.25, 0.3) is 0 Å². The van der Waals surface area contributed by atoms with Crippen molar-refractivity contribution in [3.63, 3.8) is 0 Å². The second-order valence-electron chi connectivity index (χ2n) is 5.25. The van der Waals surface area contributed by atoms with Crippen LogP contribution in [0.15, 0.2) is 46.9 Å². The molecule has 5 nitrogen and oxygen atoms in total. The number of halogens is 1. The molecule has 1 aliphatic heterocycles. The summed E-state index contributed by atoms with van der Waals surface area (Å²) < 4.78 is 16.9. The van der Waals surface area contributed by atoms with E-state index in [0.29, 0.717) is 30.3 Å². The van der Waals surface area contributed by atoms with Crippen molar-refractivity contribution in [3.05, 3.63) is 58.1 Å². The molecule has 1 heterocycles. The predicted octanol–water partition coefficient (Wildman–Crippen LogP) is 3.19. The third-order valence-corrected chi connectivity index (χ3v) is 4.01. The number of ketones is 1. The van der Waals surface area contributed by atoms with Gasteiger partial charge in [0.2, 0.25) is 0 Å². The lowest BCUT2D eigenvalue weighted by molar-refractivity contribution is -0.141. The highest BCUT2D eigenvalue weighted by atomic mass is 79.9. The quantitative estimate of drug-likeness (QED) is 0.579. The molecule has 0 spiro atoms. The summed E-state index contributed by atoms with van der Waals surface area (Å²) in [6.07, 6.45) is 0.0737. The molecule has 0 saturated heterocycles. The third-order valence-electron chi connectivity index (χ3n) is 3.49. The van der Waals surface area contributed by atoms with Crippen LogP contribution in [0.2, 0.25) is 0 Å². The zero-order chi connectivity index (χ0) is 16.9. The van der Waals surface area contributed by atoms with Crippen LogP contribution in [-0.2, 0) is 16.0 Å². The Kier molecular flexibility index (Phi) is 5.15. The van der Waals surface area contributed by atoms with Crippen LogP contribution in [0.25, 0.3) is 0 Å². The number of rotatable bonds is 5. The number of esters is 1. The minimum absolute atomic E-state index is 0.0737. The average molecular weight is 391 g/mol. The van der Waals surface area contributed by atoms with Crippen molar-refractivity contribution in [2.24, 2.45) is 0 Å². The first kappa shape index (κ1) is 16.5. The number of benzene rings is 2. The van der Waals surface area contributed by atoms with E-state index in [0.717, 1.165) is 10.0 Å². The minimum atomic E-state index is -0.461. The largest absolute Gasteiger partial charge is 0.486 e. The molecule has 3 rings (SSSR count). The number of carbonyl (C=O) groups excluding carboxylic acids is 2. The number of hydrogen-bond acceptors (Lipinski definition) is 5. The normalized spacial score (nSPS) is 12.5. The van der Waals surface area contributed by atoms with Crippen LogP contribution >= 0.6 is 15.9 Å². The standard InChI is InChI=1S/C18H15BrO5/c19-14-4-2-13(3-5-14)15(20)11-24-18(21)10-12-1-6-16-17(9-12)23-8-7-22-16/h1-6,9H,7-8,10-11H2. The molecule has 0 bridgehead atoms. The number of Topliss-reactive ketones (excluding diaryl/α,β-unsaturated/α-hetero) is 1. The van der Waals surface area contributed by atoms with Gasteiger partial charge >= 0.3 is 5.97 Å². The van der Waals surface area contributed by atoms with Crippen molar-refractivity contribution >= 4 is 27.7 Å². The highest BCUT2D eigenvalue weighted by Gasteiger charge is 2.15. The summed E-state index contributed by atoms with van der Waals surface area (Å²) in [5.41, 5.74) is 1.26. The zero-order valence-corrected chi connectivity index (χ0v) is 14.4. The van der Waals surface area contributed by atoms with Gasteiger partial charge in [-0.25, -0.2) is 0 Å². The maximum Gasteiger partial charge on any atom is 0.310 e. The fourth-order valence-corrected chi connectivity index (χ4v) is 2.54. The molecule has 24 heavy (non-hydrogen) atoms. The van der Waals surface area contributed by atoms with E-state index in [-0.39, 0.29) is 18.8 Å². The molecule has 6 heteroatoms. The summed E-state index contributed by atoms with van der Waals surface area (Å²) in [7, 11) is 0. The Morgan fingerprint density at radius 2 is 1.71 bits per heavy atom. The van der Waals surface area contributed by atoms with Gasteiger partial charge in [-0.05, 0) is 29.8 Å². The van der Waals surface area contributed by atoms with Crippen LogP contribution in [0.3, 0.4) is 0 Å². The second-order valence-corrected chi connectivity index (χ2v) is 6.16. The molecule has 0 unspecified atom stereocenters. The lowest BCUT2D eigenvalue weighted by Crippen LogP contribution is -2.17. The van der Waals surface area contributed by atoms with Crippen LogP contribution in [0, 0.1) is 0 Å². The Morgan fingerprint density at radius 1 is 1.00 bits per heavy atom. The fourth-order valence-electron chi connectivity index (χ4n) is 2.28. The number of hydrogen-bond donors (Lipinski definition) is 0. The van der Waals surface area contributed by atoms with Gasteiger partial charge < -0.3 is 14.2 Å². The van der Waals surface area contributed by atoms with Gasteiger partial charge in [0.1, 0.15) is 13.2 Å². The Morgan fingerprint density at radius 3 is 2.46 bits per heavy atom. The summed E-state index contributed by atoms with van der Waals surface area (Å²) in [4.78, 5) is 23.9. The highest BCUT2D eigenvalue weighted by Crippen LogP contribution is 2.30. The van der Waals surface area contributed by atoms with E-state index in [1.165, 1.54) is 0 Å². The lowest BCUT2D eigenvalue weighted by atomic mass is 10.1. The monoisotopic (exact) mass is 390 g/mol. The molecule has 0 aromatic heterocycles. The smallest absolute Gasteiger partial charge is 0.310 e. The number of fused-ring (bicyclic) bond motifs is 1. The van der Waals surface area contributed by atoms with E-state index in [1.807, 2.05) is 0 Å². The van der Waals surface area contributed by atoms with E-state index in [1.54, 1.807) is 42.5 Å². The zero-order valence-electron chi connectivity index (χ0n) is 12.8. The molecule has 0 aliphatic carbocycles. The third kappa shape index (κ3) is 4.14. The highest BCUT2D eigenvalue weighted by molar-refractivity contribution is 9.10. The molecule has 0 N–H and O–H groups in total. The van der Waals surface area contributed by atoms with E-state index in [4.69, 9.17) is 14.2 Å². The molecule has 0 radical (unpaired) electrons. The molecule has 2 aromatic carbocycles. The Hall–Kier alpha value is -2.34. The Bertz CT molecular complexity index is 755. The van der Waals surface area contributed by atoms with Crippen molar-refractivity contribution in [2.45, 2.75) is 6.42 Å². The van der Waals surface area contributed by atoms with Crippen LogP contribution in [0.5, 0.6) is 11.5 Å². The SMILES string of the molecule is O=C(Cc1ccc2c(c1)OCCO2)OCC(=O)c1ccc(Br)cc1. The van der Waals surface area contributed by atoms with Gasteiger partial charge in [0.05, 0.1) is 6.42 Å². The van der Waals surface area contributed by atoms with Crippen LogP contribution < -0.4 is 9.47 Å². The molecule has 1 aliphatic rings. The second kappa shape index (κ2) is 7.49. The summed E-state index contributed by atoms with van der Waals surface area (Å²) in [6.45, 7) is 0.736. The molecule has 124 valence electrons. The first-order valence-corrected chi connectivity index (χ1v) is 8.24. The van der Waals surface area contributed by atoms with Gasteiger partial charge in [-0.1, -0.05) is 34.1 Å². The summed E-state index contributed by atoms with van der Waals surface area (Å²) in [6, 6.07) is 12.2. The van der Waals surface area contributed by atoms with Crippen molar-refractivity contribution < 1.29 is 23.8 Å². The molecular weight excluding hydrogens is 376 g/mol. The maximum absolute atomic E-state index is 12.0. The van der Waals surface area contributed by atoms with Gasteiger partial charge in [0, 0.05) is 10.0 Å². The van der Waals surface area contributed by atoms with E-state index >= 15 is 0 Å². The molecular formula is C18H15BrO5. The average Bonchev–Trinajstić information content (AvgIpc) is 2.60. The van der Waals surface area contributed by atoms with Crippen molar-refractivity contribution in [1.29, 1.82) is 0 Å². The number of ether oxygens (including phenoxy) is 3. The number of carbonyl (C=O) groups is 2. The van der Waals surface area contributed by atoms with E-state index in [2.05, 4.69) is 15.9 Å². The Labute approximate surface area is 147 Å². The van der Waals surface area contributed by atoms with Crippen LogP contribution in [0.1, 0.15) is 15.9 Å². The molecule has 0 fully saturated rings. The summed E-state index contributed by atoms with van der Waals surface area (Å²) in [5, 5.41) is 0. The molecule has 0 amide bonds. The first-order valence-electron chi connectivity index (χ1n) is 7.45.